The van der Waals surface area contributed by atoms with Gasteiger partial charge in [0.2, 0.25) is 0 Å². The second-order valence-electron chi connectivity index (χ2n) is 2.74. The molecule has 0 bridgehead atoms. The molecule has 0 saturated heterocycles. The van der Waals surface area contributed by atoms with E-state index < -0.39 is 16.6 Å². The molecule has 0 N–H and O–H groups in total. The predicted molar refractivity (Wildman–Crippen MR) is 48.6 cm³/mol. The minimum Gasteiger partial charge on any atom is -0.463 e. The van der Waals surface area contributed by atoms with Gasteiger partial charge in [-0.3, -0.25) is 10.1 Å². The molecule has 2 rings (SSSR count). The van der Waals surface area contributed by atoms with Crippen molar-refractivity contribution >= 4 is 5.69 Å². The van der Waals surface area contributed by atoms with Crippen molar-refractivity contribution in [2.24, 2.45) is 0 Å². The molecular weight excluding hydrogens is 203 g/mol. The van der Waals surface area contributed by atoms with E-state index >= 15 is 0 Å². The zero-order valence-electron chi connectivity index (χ0n) is 7.38. The van der Waals surface area contributed by atoms with Crippen molar-refractivity contribution in [3.8, 4) is 11.5 Å². The number of halogens is 1. The van der Waals surface area contributed by atoms with Gasteiger partial charge >= 0.3 is 5.69 Å². The van der Waals surface area contributed by atoms with Crippen LogP contribution in [0.1, 0.15) is 0 Å². The van der Waals surface area contributed by atoms with Crippen LogP contribution in [0.25, 0.3) is 11.5 Å². The van der Waals surface area contributed by atoms with Crippen LogP contribution in [0.2, 0.25) is 0 Å². The van der Waals surface area contributed by atoms with Crippen LogP contribution in [0.5, 0.6) is 0 Å². The van der Waals surface area contributed by atoms with Crippen molar-refractivity contribution in [1.82, 2.24) is 4.98 Å². The summed E-state index contributed by atoms with van der Waals surface area (Å²) in [5.41, 5.74) is -0.423. The Morgan fingerprint density at radius 3 is 2.73 bits per heavy atom. The number of nitro groups is 1. The van der Waals surface area contributed by atoms with Crippen LogP contribution >= 0.6 is 0 Å². The maximum absolute atomic E-state index is 13.1. The molecule has 15 heavy (non-hydrogen) atoms. The topological polar surface area (TPSA) is 69.2 Å². The molecule has 0 radical (unpaired) electrons. The molecule has 0 amide bonds. The number of pyridine rings is 1. The smallest absolute Gasteiger partial charge is 0.324 e. The van der Waals surface area contributed by atoms with E-state index in [1.807, 2.05) is 0 Å². The molecule has 2 heterocycles. The highest BCUT2D eigenvalue weighted by atomic mass is 19.1. The molecule has 0 aromatic carbocycles. The van der Waals surface area contributed by atoms with Gasteiger partial charge in [0.05, 0.1) is 11.2 Å². The average Bonchev–Trinajstić information content (AvgIpc) is 2.69. The molecule has 0 saturated carbocycles. The summed E-state index contributed by atoms with van der Waals surface area (Å²) in [5, 5.41) is 10.3. The number of nitrogens with zero attached hydrogens (tertiary/aromatic N) is 2. The number of hydrogen-bond acceptors (Lipinski definition) is 4. The molecule has 0 fully saturated rings. The van der Waals surface area contributed by atoms with Crippen LogP contribution in [-0.2, 0) is 0 Å². The molecule has 2 aromatic heterocycles. The minimum absolute atomic E-state index is 0.225. The molecule has 0 spiro atoms. The van der Waals surface area contributed by atoms with Crippen molar-refractivity contribution < 1.29 is 13.7 Å². The van der Waals surface area contributed by atoms with E-state index in [0.717, 1.165) is 6.07 Å². The lowest BCUT2D eigenvalue weighted by atomic mass is 10.3. The third kappa shape index (κ3) is 1.69. The summed E-state index contributed by atoms with van der Waals surface area (Å²) < 4.78 is 18.1. The lowest BCUT2D eigenvalue weighted by molar-refractivity contribution is -0.388. The molecule has 0 atom stereocenters. The first-order valence-electron chi connectivity index (χ1n) is 4.03. The Bertz CT molecular complexity index is 496. The van der Waals surface area contributed by atoms with Crippen LogP contribution in [0, 0.1) is 16.1 Å². The Labute approximate surface area is 83.3 Å². The second kappa shape index (κ2) is 3.49. The largest absolute Gasteiger partial charge is 0.463 e. The standard InChI is InChI=1S/C9H5FN2O3/c10-9-7(12(13)14)4-3-6(11-9)8-2-1-5-15-8/h1-5H. The summed E-state index contributed by atoms with van der Waals surface area (Å²) in [6.45, 7) is 0. The van der Waals surface area contributed by atoms with Crippen LogP contribution < -0.4 is 0 Å². The molecule has 6 heteroatoms. The van der Waals surface area contributed by atoms with Crippen LogP contribution in [0.3, 0.4) is 0 Å². The highest BCUT2D eigenvalue weighted by Crippen LogP contribution is 2.22. The lowest BCUT2D eigenvalue weighted by Gasteiger charge is -1.96. The summed E-state index contributed by atoms with van der Waals surface area (Å²) in [7, 11) is 0. The fourth-order valence-electron chi connectivity index (χ4n) is 1.12. The maximum atomic E-state index is 13.1. The third-order valence-electron chi connectivity index (χ3n) is 1.80. The summed E-state index contributed by atoms with van der Waals surface area (Å²) in [5.74, 6) is -0.752. The van der Waals surface area contributed by atoms with Gasteiger partial charge in [-0.15, -0.1) is 0 Å². The van der Waals surface area contributed by atoms with Crippen molar-refractivity contribution in [2.45, 2.75) is 0 Å². The van der Waals surface area contributed by atoms with Gasteiger partial charge in [-0.2, -0.15) is 4.39 Å². The van der Waals surface area contributed by atoms with Gasteiger partial charge in [-0.1, -0.05) is 0 Å². The van der Waals surface area contributed by atoms with E-state index in [9.17, 15) is 14.5 Å². The predicted octanol–water partition coefficient (Wildman–Crippen LogP) is 2.39. The van der Waals surface area contributed by atoms with Gasteiger partial charge in [-0.25, -0.2) is 4.98 Å². The molecule has 76 valence electrons. The Balaban J connectivity index is 2.47. The monoisotopic (exact) mass is 208 g/mol. The summed E-state index contributed by atoms with van der Waals surface area (Å²) >= 11 is 0. The fraction of sp³-hybridized carbons (Fsp3) is 0. The molecule has 2 aromatic rings. The van der Waals surface area contributed by atoms with E-state index in [4.69, 9.17) is 4.42 Å². The summed E-state index contributed by atoms with van der Waals surface area (Å²) in [6.07, 6.45) is 1.41. The average molecular weight is 208 g/mol. The van der Waals surface area contributed by atoms with E-state index in [1.54, 1.807) is 12.1 Å². The van der Waals surface area contributed by atoms with Crippen molar-refractivity contribution in [3.05, 3.63) is 46.6 Å². The Kier molecular flexibility index (Phi) is 2.17. The molecule has 0 unspecified atom stereocenters. The normalized spacial score (nSPS) is 10.2. The second-order valence-corrected chi connectivity index (χ2v) is 2.74. The quantitative estimate of drug-likeness (QED) is 0.431. The number of furan rings is 1. The van der Waals surface area contributed by atoms with Gasteiger partial charge < -0.3 is 4.42 Å². The third-order valence-corrected chi connectivity index (χ3v) is 1.80. The molecule has 0 aliphatic rings. The molecule has 0 aliphatic heterocycles. The Morgan fingerprint density at radius 1 is 1.40 bits per heavy atom. The van der Waals surface area contributed by atoms with Crippen LogP contribution in [-0.4, -0.2) is 9.91 Å². The van der Waals surface area contributed by atoms with Gasteiger partial charge in [0.25, 0.3) is 5.95 Å². The van der Waals surface area contributed by atoms with E-state index in [2.05, 4.69) is 4.98 Å². The fourth-order valence-corrected chi connectivity index (χ4v) is 1.12. The SMILES string of the molecule is O=[N+]([O-])c1ccc(-c2ccco2)nc1F. The van der Waals surface area contributed by atoms with Crippen molar-refractivity contribution in [3.63, 3.8) is 0 Å². The highest BCUT2D eigenvalue weighted by molar-refractivity contribution is 5.53. The summed E-state index contributed by atoms with van der Waals surface area (Å²) in [4.78, 5) is 12.9. The molecular formula is C9H5FN2O3. The van der Waals surface area contributed by atoms with Crippen molar-refractivity contribution in [1.29, 1.82) is 0 Å². The first-order valence-corrected chi connectivity index (χ1v) is 4.03. The number of aromatic nitrogens is 1. The summed E-state index contributed by atoms with van der Waals surface area (Å²) in [6, 6.07) is 5.60. The minimum atomic E-state index is -1.12. The van der Waals surface area contributed by atoms with E-state index in [-0.39, 0.29) is 5.69 Å². The lowest BCUT2D eigenvalue weighted by Crippen LogP contribution is -1.96. The molecule has 0 aliphatic carbocycles. The zero-order chi connectivity index (χ0) is 10.8. The number of rotatable bonds is 2. The van der Waals surface area contributed by atoms with Crippen LogP contribution in [0.4, 0.5) is 10.1 Å². The first kappa shape index (κ1) is 9.32. The number of hydrogen-bond donors (Lipinski definition) is 0. The zero-order valence-corrected chi connectivity index (χ0v) is 7.38. The van der Waals surface area contributed by atoms with E-state index in [0.29, 0.717) is 5.76 Å². The van der Waals surface area contributed by atoms with Gasteiger partial charge in [0.1, 0.15) is 5.69 Å². The highest BCUT2D eigenvalue weighted by Gasteiger charge is 2.16. The molecule has 5 nitrogen and oxygen atoms in total. The van der Waals surface area contributed by atoms with E-state index in [1.165, 1.54) is 12.3 Å². The van der Waals surface area contributed by atoms with Crippen molar-refractivity contribution in [2.75, 3.05) is 0 Å². The van der Waals surface area contributed by atoms with Gasteiger partial charge in [-0.05, 0) is 18.2 Å². The Hall–Kier alpha value is -2.24. The van der Waals surface area contributed by atoms with Crippen LogP contribution in [0.15, 0.2) is 34.9 Å². The Morgan fingerprint density at radius 2 is 2.20 bits per heavy atom. The van der Waals surface area contributed by atoms with Gasteiger partial charge in [0.15, 0.2) is 5.76 Å². The van der Waals surface area contributed by atoms with Gasteiger partial charge in [0, 0.05) is 6.07 Å². The first-order chi connectivity index (χ1) is 7.18. The maximum Gasteiger partial charge on any atom is 0.324 e.